The zero-order valence-corrected chi connectivity index (χ0v) is 16.4. The molecule has 3 rings (SSSR count). The Balaban J connectivity index is 0.000000369. The Kier molecular flexibility index (Phi) is 10.8. The van der Waals surface area contributed by atoms with E-state index in [2.05, 4.69) is 20.2 Å². The maximum absolute atomic E-state index is 10.8. The summed E-state index contributed by atoms with van der Waals surface area (Å²) in [4.78, 5) is 32.6. The van der Waals surface area contributed by atoms with Crippen molar-refractivity contribution in [1.82, 2.24) is 20.0 Å². The van der Waals surface area contributed by atoms with Gasteiger partial charge in [-0.25, -0.2) is 0 Å². The van der Waals surface area contributed by atoms with Crippen molar-refractivity contribution in [2.45, 2.75) is 54.4 Å². The number of likely N-dealkylation sites (N-methyl/N-ethyl adjacent to an activating group) is 2. The second-order valence-electron chi connectivity index (χ2n) is 5.74. The summed E-state index contributed by atoms with van der Waals surface area (Å²) < 4.78 is 5.01. The van der Waals surface area contributed by atoms with Crippen LogP contribution in [0.4, 0.5) is 0 Å². The van der Waals surface area contributed by atoms with Crippen LogP contribution in [0.25, 0.3) is 0 Å². The minimum absolute atomic E-state index is 0. The molecule has 0 saturated heterocycles. The first kappa shape index (κ1) is 24.4. The molecule has 2 aliphatic heterocycles. The summed E-state index contributed by atoms with van der Waals surface area (Å²) in [5, 5.41) is 7.39. The van der Waals surface area contributed by atoms with Gasteiger partial charge >= 0.3 is 0 Å². The Hall–Kier alpha value is -2.58. The molecule has 1 aromatic rings. The van der Waals surface area contributed by atoms with Crippen LogP contribution in [0.5, 0.6) is 0 Å². The van der Waals surface area contributed by atoms with E-state index in [1.54, 1.807) is 18.9 Å². The van der Waals surface area contributed by atoms with E-state index in [-0.39, 0.29) is 19.2 Å². The minimum Gasteiger partial charge on any atom is -0.426 e. The number of amides is 2. The number of hydrogen-bond donors (Lipinski definition) is 0. The molecule has 0 bridgehead atoms. The third kappa shape index (κ3) is 7.67. The van der Waals surface area contributed by atoms with Crippen molar-refractivity contribution in [3.05, 3.63) is 11.8 Å². The topological polar surface area (TPSA) is 104 Å². The number of aromatic nitrogens is 2. The van der Waals surface area contributed by atoms with Gasteiger partial charge in [0.1, 0.15) is 24.8 Å². The van der Waals surface area contributed by atoms with E-state index in [1.165, 1.54) is 0 Å². The standard InChI is InChI=1S/2C6H10N2O.C5H8N2O.CH4/c1-3-5-7-6(9)4-8(5)2;1-3-5-7-4-6(9)8(5)2;1-3-5-7-6-4(2)8-5;/h2*3-4H2,1-2H3;3H2,1-2H3;1H4. The maximum Gasteiger partial charge on any atom is 0.266 e. The predicted molar refractivity (Wildman–Crippen MR) is 106 cm³/mol. The molecule has 1 aromatic heterocycles. The predicted octanol–water partition coefficient (Wildman–Crippen LogP) is 2.11. The number of aliphatic imine (C=N–C) groups is 2. The van der Waals surface area contributed by atoms with Gasteiger partial charge in [0, 0.05) is 40.3 Å². The lowest BCUT2D eigenvalue weighted by Gasteiger charge is -2.08. The van der Waals surface area contributed by atoms with Gasteiger partial charge in [0.15, 0.2) is 0 Å². The summed E-state index contributed by atoms with van der Waals surface area (Å²) in [5.74, 6) is 3.24. The Morgan fingerprint density at radius 2 is 1.63 bits per heavy atom. The molecule has 0 radical (unpaired) electrons. The van der Waals surface area contributed by atoms with Crippen LogP contribution >= 0.6 is 0 Å². The number of nitrogens with zero attached hydrogens (tertiary/aromatic N) is 6. The molecule has 0 aromatic carbocycles. The van der Waals surface area contributed by atoms with Crippen molar-refractivity contribution in [3.63, 3.8) is 0 Å². The summed E-state index contributed by atoms with van der Waals surface area (Å²) in [6.45, 7) is 8.56. The number of aryl methyl sites for hydroxylation is 2. The Labute approximate surface area is 161 Å². The average Bonchev–Trinajstić information content (AvgIpc) is 3.28. The average molecular weight is 380 g/mol. The van der Waals surface area contributed by atoms with Crippen LogP contribution in [0.1, 0.15) is 52.8 Å². The third-order valence-corrected chi connectivity index (χ3v) is 3.73. The fourth-order valence-corrected chi connectivity index (χ4v) is 2.25. The molecule has 27 heavy (non-hydrogen) atoms. The van der Waals surface area contributed by atoms with E-state index in [4.69, 9.17) is 4.42 Å². The number of amidine groups is 2. The van der Waals surface area contributed by atoms with E-state index >= 15 is 0 Å². The van der Waals surface area contributed by atoms with Crippen LogP contribution in [0.2, 0.25) is 0 Å². The van der Waals surface area contributed by atoms with Crippen molar-refractivity contribution >= 4 is 23.5 Å². The van der Waals surface area contributed by atoms with Gasteiger partial charge in [-0.05, 0) is 0 Å². The van der Waals surface area contributed by atoms with E-state index in [9.17, 15) is 9.59 Å². The Morgan fingerprint density at radius 3 is 1.85 bits per heavy atom. The fourth-order valence-electron chi connectivity index (χ4n) is 2.25. The molecular formula is C18H32N6O3. The SMILES string of the molecule is C.CCC1=NC(=O)CN1C.CCC1=NCC(=O)N1C.CCc1nnc(C)o1. The van der Waals surface area contributed by atoms with Crippen LogP contribution in [-0.2, 0) is 16.0 Å². The lowest BCUT2D eigenvalue weighted by atomic mass is 10.4. The highest BCUT2D eigenvalue weighted by Gasteiger charge is 2.18. The summed E-state index contributed by atoms with van der Waals surface area (Å²) >= 11 is 0. The summed E-state index contributed by atoms with van der Waals surface area (Å²) in [7, 11) is 3.64. The van der Waals surface area contributed by atoms with Gasteiger partial charge in [-0.2, -0.15) is 4.99 Å². The second kappa shape index (κ2) is 11.9. The van der Waals surface area contributed by atoms with E-state index in [0.717, 1.165) is 30.9 Å². The quantitative estimate of drug-likeness (QED) is 0.795. The lowest BCUT2D eigenvalue weighted by Crippen LogP contribution is -2.27. The smallest absolute Gasteiger partial charge is 0.266 e. The van der Waals surface area contributed by atoms with E-state index < -0.39 is 0 Å². The molecule has 9 nitrogen and oxygen atoms in total. The second-order valence-corrected chi connectivity index (χ2v) is 5.74. The van der Waals surface area contributed by atoms with E-state index in [1.807, 2.05) is 32.7 Å². The number of carbonyl (C=O) groups is 2. The van der Waals surface area contributed by atoms with Crippen molar-refractivity contribution < 1.29 is 14.0 Å². The highest BCUT2D eigenvalue weighted by atomic mass is 16.4. The van der Waals surface area contributed by atoms with Crippen molar-refractivity contribution in [2.24, 2.45) is 9.98 Å². The highest BCUT2D eigenvalue weighted by molar-refractivity contribution is 6.03. The van der Waals surface area contributed by atoms with Crippen molar-refractivity contribution in [3.8, 4) is 0 Å². The normalized spacial score (nSPS) is 15.3. The van der Waals surface area contributed by atoms with Gasteiger partial charge in [-0.1, -0.05) is 28.2 Å². The van der Waals surface area contributed by atoms with Gasteiger partial charge < -0.3 is 14.2 Å². The lowest BCUT2D eigenvalue weighted by molar-refractivity contribution is -0.124. The monoisotopic (exact) mass is 380 g/mol. The Bertz CT molecular complexity index is 680. The molecule has 0 unspecified atom stereocenters. The Morgan fingerprint density at radius 1 is 1.00 bits per heavy atom. The molecule has 0 aliphatic carbocycles. The molecule has 9 heteroatoms. The first-order chi connectivity index (χ1) is 12.3. The van der Waals surface area contributed by atoms with Gasteiger partial charge in [-0.3, -0.25) is 14.6 Å². The largest absolute Gasteiger partial charge is 0.426 e. The summed E-state index contributed by atoms with van der Waals surface area (Å²) in [6, 6.07) is 0. The number of rotatable bonds is 3. The molecule has 0 N–H and O–H groups in total. The van der Waals surface area contributed by atoms with Gasteiger partial charge in [-0.15, -0.1) is 10.2 Å². The summed E-state index contributed by atoms with van der Waals surface area (Å²) in [6.07, 6.45) is 2.52. The first-order valence-electron chi connectivity index (χ1n) is 8.72. The van der Waals surface area contributed by atoms with Crippen molar-refractivity contribution in [1.29, 1.82) is 0 Å². The molecule has 0 atom stereocenters. The zero-order valence-electron chi connectivity index (χ0n) is 16.4. The van der Waals surface area contributed by atoms with Gasteiger partial charge in [0.05, 0.1) is 0 Å². The van der Waals surface area contributed by atoms with Gasteiger partial charge in [0.25, 0.3) is 5.91 Å². The molecule has 152 valence electrons. The van der Waals surface area contributed by atoms with Crippen LogP contribution in [0.15, 0.2) is 14.4 Å². The molecular weight excluding hydrogens is 348 g/mol. The van der Waals surface area contributed by atoms with Crippen LogP contribution < -0.4 is 0 Å². The minimum atomic E-state index is -0.0191. The number of carbonyl (C=O) groups excluding carboxylic acids is 2. The molecule has 0 fully saturated rings. The van der Waals surface area contributed by atoms with Crippen LogP contribution in [-0.4, -0.2) is 70.7 Å². The summed E-state index contributed by atoms with van der Waals surface area (Å²) in [5.41, 5.74) is 0. The van der Waals surface area contributed by atoms with Gasteiger partial charge in [0.2, 0.25) is 17.7 Å². The van der Waals surface area contributed by atoms with Crippen LogP contribution in [0.3, 0.4) is 0 Å². The molecule has 2 aliphatic rings. The van der Waals surface area contributed by atoms with Crippen LogP contribution in [0, 0.1) is 6.92 Å². The molecule has 3 heterocycles. The van der Waals surface area contributed by atoms with E-state index in [0.29, 0.717) is 24.9 Å². The maximum atomic E-state index is 10.8. The zero-order chi connectivity index (χ0) is 19.7. The first-order valence-corrected chi connectivity index (χ1v) is 8.72. The number of hydrogen-bond acceptors (Lipinski definition) is 7. The van der Waals surface area contributed by atoms with Crippen molar-refractivity contribution in [2.75, 3.05) is 27.2 Å². The molecule has 0 saturated carbocycles. The molecule has 0 spiro atoms. The molecule has 2 amide bonds. The fraction of sp³-hybridized carbons (Fsp3) is 0.667. The highest BCUT2D eigenvalue weighted by Crippen LogP contribution is 2.02. The third-order valence-electron chi connectivity index (χ3n) is 3.73.